The van der Waals surface area contributed by atoms with Crippen molar-refractivity contribution in [2.24, 2.45) is 0 Å². The summed E-state index contributed by atoms with van der Waals surface area (Å²) in [6, 6.07) is 7.41. The fraction of sp³-hybridized carbons (Fsp3) is 0.308. The molecule has 1 aromatic heterocycles. The van der Waals surface area contributed by atoms with Gasteiger partial charge in [0.2, 0.25) is 11.9 Å². The molecule has 2 N–H and O–H groups in total. The second-order valence-electron chi connectivity index (χ2n) is 3.97. The topological polar surface area (TPSA) is 67.9 Å². The summed E-state index contributed by atoms with van der Waals surface area (Å²) in [4.78, 5) is 14.8. The van der Waals surface area contributed by atoms with E-state index in [1.54, 1.807) is 6.07 Å². The molecule has 0 saturated heterocycles. The van der Waals surface area contributed by atoms with Crippen LogP contribution in [0.15, 0.2) is 24.3 Å². The molecule has 1 aromatic carbocycles. The van der Waals surface area contributed by atoms with Gasteiger partial charge in [-0.15, -0.1) is 0 Å². The third-order valence-corrected chi connectivity index (χ3v) is 3.13. The molecule has 1 heterocycles. The van der Waals surface area contributed by atoms with Crippen molar-refractivity contribution < 1.29 is 0 Å². The second-order valence-corrected chi connectivity index (χ2v) is 4.38. The molecule has 0 aliphatic heterocycles. The van der Waals surface area contributed by atoms with Crippen LogP contribution in [0.4, 0.5) is 11.9 Å². The summed E-state index contributed by atoms with van der Waals surface area (Å²) < 4.78 is 0. The normalized spacial score (nSPS) is 10.5. The number of hydrogen-bond acceptors (Lipinski definition) is 5. The first-order chi connectivity index (χ1) is 9.15. The molecule has 5 nitrogen and oxygen atoms in total. The molecule has 0 bridgehead atoms. The molecule has 6 heteroatoms. The molecule has 0 aliphatic rings. The van der Waals surface area contributed by atoms with Crippen molar-refractivity contribution in [3.8, 4) is 11.4 Å². The molecule has 0 radical (unpaired) electrons. The Morgan fingerprint density at radius 2 is 1.79 bits per heavy atom. The Morgan fingerprint density at radius 3 is 2.42 bits per heavy atom. The number of nitrogens with two attached hydrogens (primary N) is 1. The van der Waals surface area contributed by atoms with Gasteiger partial charge in [0, 0.05) is 18.7 Å². The van der Waals surface area contributed by atoms with Gasteiger partial charge in [0.05, 0.1) is 5.02 Å². The van der Waals surface area contributed by atoms with Gasteiger partial charge in [0.25, 0.3) is 0 Å². The Bertz CT molecular complexity index is 569. The van der Waals surface area contributed by atoms with Crippen LogP contribution in [0.1, 0.15) is 13.8 Å². The van der Waals surface area contributed by atoms with Crippen LogP contribution in [0.3, 0.4) is 0 Å². The highest BCUT2D eigenvalue weighted by molar-refractivity contribution is 6.33. The molecule has 0 unspecified atom stereocenters. The van der Waals surface area contributed by atoms with E-state index in [2.05, 4.69) is 15.0 Å². The maximum absolute atomic E-state index is 6.16. The van der Waals surface area contributed by atoms with Crippen molar-refractivity contribution in [1.29, 1.82) is 0 Å². The molecule has 2 rings (SSSR count). The summed E-state index contributed by atoms with van der Waals surface area (Å²) in [5, 5.41) is 0.596. The van der Waals surface area contributed by atoms with Crippen LogP contribution in [-0.2, 0) is 0 Å². The highest BCUT2D eigenvalue weighted by atomic mass is 35.5. The molecule has 0 fully saturated rings. The molecule has 0 spiro atoms. The van der Waals surface area contributed by atoms with Gasteiger partial charge < -0.3 is 10.6 Å². The van der Waals surface area contributed by atoms with Gasteiger partial charge in [-0.3, -0.25) is 0 Å². The molecular weight excluding hydrogens is 262 g/mol. The monoisotopic (exact) mass is 277 g/mol. The van der Waals surface area contributed by atoms with Crippen molar-refractivity contribution in [1.82, 2.24) is 15.0 Å². The van der Waals surface area contributed by atoms with Crippen LogP contribution < -0.4 is 10.6 Å². The summed E-state index contributed by atoms with van der Waals surface area (Å²) in [5.41, 5.74) is 6.52. The lowest BCUT2D eigenvalue weighted by Crippen LogP contribution is -2.25. The van der Waals surface area contributed by atoms with Gasteiger partial charge in [-0.1, -0.05) is 23.7 Å². The number of aromatic nitrogens is 3. The first-order valence-corrected chi connectivity index (χ1v) is 6.54. The van der Waals surface area contributed by atoms with E-state index in [9.17, 15) is 0 Å². The van der Waals surface area contributed by atoms with Crippen LogP contribution >= 0.6 is 11.6 Å². The first-order valence-electron chi connectivity index (χ1n) is 6.17. The summed E-state index contributed by atoms with van der Waals surface area (Å²) in [5.74, 6) is 1.28. The molecule has 2 aromatic rings. The van der Waals surface area contributed by atoms with Crippen molar-refractivity contribution >= 4 is 23.5 Å². The fourth-order valence-electron chi connectivity index (χ4n) is 1.79. The lowest BCUT2D eigenvalue weighted by molar-refractivity contribution is 0.816. The minimum atomic E-state index is 0.201. The Hall–Kier alpha value is -1.88. The van der Waals surface area contributed by atoms with Gasteiger partial charge in [-0.05, 0) is 26.0 Å². The van der Waals surface area contributed by atoms with E-state index in [-0.39, 0.29) is 5.95 Å². The Balaban J connectivity index is 2.51. The van der Waals surface area contributed by atoms with E-state index in [0.717, 1.165) is 18.7 Å². The molecule has 100 valence electrons. The molecule has 0 amide bonds. The summed E-state index contributed by atoms with van der Waals surface area (Å²) in [6.45, 7) is 5.70. The number of benzene rings is 1. The van der Waals surface area contributed by atoms with E-state index < -0.39 is 0 Å². The number of anilines is 2. The number of hydrogen-bond donors (Lipinski definition) is 1. The van der Waals surface area contributed by atoms with Crippen molar-refractivity contribution in [2.75, 3.05) is 23.7 Å². The minimum Gasteiger partial charge on any atom is -0.368 e. The molecule has 0 atom stereocenters. The van der Waals surface area contributed by atoms with Gasteiger partial charge in [0.15, 0.2) is 5.82 Å². The Morgan fingerprint density at radius 1 is 1.11 bits per heavy atom. The maximum atomic E-state index is 6.16. The number of nitrogens with zero attached hydrogens (tertiary/aromatic N) is 4. The fourth-order valence-corrected chi connectivity index (χ4v) is 2.01. The van der Waals surface area contributed by atoms with Gasteiger partial charge in [-0.2, -0.15) is 15.0 Å². The van der Waals surface area contributed by atoms with E-state index in [4.69, 9.17) is 17.3 Å². The average Bonchev–Trinajstić information content (AvgIpc) is 2.40. The predicted molar refractivity (Wildman–Crippen MR) is 78.2 cm³/mol. The van der Waals surface area contributed by atoms with Crippen molar-refractivity contribution in [3.63, 3.8) is 0 Å². The molecule has 0 saturated carbocycles. The maximum Gasteiger partial charge on any atom is 0.230 e. The van der Waals surface area contributed by atoms with E-state index in [1.165, 1.54) is 0 Å². The van der Waals surface area contributed by atoms with Crippen LogP contribution in [0.25, 0.3) is 11.4 Å². The summed E-state index contributed by atoms with van der Waals surface area (Å²) in [7, 11) is 0. The lowest BCUT2D eigenvalue weighted by atomic mass is 10.2. The van der Waals surface area contributed by atoms with Crippen LogP contribution in [-0.4, -0.2) is 28.0 Å². The van der Waals surface area contributed by atoms with Crippen molar-refractivity contribution in [3.05, 3.63) is 29.3 Å². The Labute approximate surface area is 117 Å². The molecular formula is C13H16ClN5. The molecule has 19 heavy (non-hydrogen) atoms. The minimum absolute atomic E-state index is 0.201. The zero-order valence-corrected chi connectivity index (χ0v) is 11.7. The largest absolute Gasteiger partial charge is 0.368 e. The zero-order valence-electron chi connectivity index (χ0n) is 11.0. The smallest absolute Gasteiger partial charge is 0.230 e. The Kier molecular flexibility index (Phi) is 4.16. The van der Waals surface area contributed by atoms with Gasteiger partial charge >= 0.3 is 0 Å². The standard InChI is InChI=1S/C13H16ClN5/c1-3-19(4-2)13-17-11(16-12(15)18-13)9-7-5-6-8-10(9)14/h5-8H,3-4H2,1-2H3,(H2,15,16,17,18). The van der Waals surface area contributed by atoms with E-state index in [1.807, 2.05) is 36.9 Å². The number of nitrogen functional groups attached to an aromatic ring is 1. The van der Waals surface area contributed by atoms with Gasteiger partial charge in [-0.25, -0.2) is 0 Å². The predicted octanol–water partition coefficient (Wildman–Crippen LogP) is 2.62. The van der Waals surface area contributed by atoms with Crippen LogP contribution in [0.2, 0.25) is 5.02 Å². The highest BCUT2D eigenvalue weighted by Crippen LogP contribution is 2.26. The van der Waals surface area contributed by atoms with Gasteiger partial charge in [0.1, 0.15) is 0 Å². The number of rotatable bonds is 4. The SMILES string of the molecule is CCN(CC)c1nc(N)nc(-c2ccccc2Cl)n1. The lowest BCUT2D eigenvalue weighted by Gasteiger charge is -2.19. The third kappa shape index (κ3) is 2.93. The summed E-state index contributed by atoms with van der Waals surface area (Å²) >= 11 is 6.16. The van der Waals surface area contributed by atoms with Crippen molar-refractivity contribution in [2.45, 2.75) is 13.8 Å². The number of halogens is 1. The zero-order chi connectivity index (χ0) is 13.8. The van der Waals surface area contributed by atoms with E-state index in [0.29, 0.717) is 16.8 Å². The summed E-state index contributed by atoms with van der Waals surface area (Å²) in [6.07, 6.45) is 0. The second kappa shape index (κ2) is 5.84. The quantitative estimate of drug-likeness (QED) is 0.930. The van der Waals surface area contributed by atoms with Crippen LogP contribution in [0, 0.1) is 0 Å². The highest BCUT2D eigenvalue weighted by Gasteiger charge is 2.12. The third-order valence-electron chi connectivity index (χ3n) is 2.80. The molecule has 0 aliphatic carbocycles. The average molecular weight is 278 g/mol. The van der Waals surface area contributed by atoms with Crippen LogP contribution in [0.5, 0.6) is 0 Å². The van der Waals surface area contributed by atoms with E-state index >= 15 is 0 Å². The first kappa shape index (κ1) is 13.5.